The summed E-state index contributed by atoms with van der Waals surface area (Å²) in [6.45, 7) is 0. The van der Waals surface area contributed by atoms with Crippen LogP contribution in [0.5, 0.6) is 0 Å². The average molecular weight is 807 g/mol. The zero-order valence-electron chi connectivity index (χ0n) is 35.2. The van der Waals surface area contributed by atoms with Crippen LogP contribution in [-0.2, 0) is 11.8 Å². The number of aromatic nitrogens is 1. The molecule has 1 atom stereocenters. The van der Waals surface area contributed by atoms with E-state index in [1.165, 1.54) is 77.9 Å². The maximum absolute atomic E-state index is 3.37. The second-order valence-electron chi connectivity index (χ2n) is 17.2. The number of para-hydroxylation sites is 1. The smallest absolute Gasteiger partial charge is 0.0971 e. The highest BCUT2D eigenvalue weighted by atomic mass is 15.1. The van der Waals surface area contributed by atoms with Crippen LogP contribution < -0.4 is 4.90 Å². The van der Waals surface area contributed by atoms with Gasteiger partial charge in [-0.05, 0) is 143 Å². The fourth-order valence-electron chi connectivity index (χ4n) is 11.0. The summed E-state index contributed by atoms with van der Waals surface area (Å²) < 4.78 is 2.38. The van der Waals surface area contributed by atoms with Crippen LogP contribution in [0.4, 0.5) is 11.4 Å². The first-order chi connectivity index (χ1) is 31.3. The molecule has 0 N–H and O–H groups in total. The van der Waals surface area contributed by atoms with Crippen molar-refractivity contribution in [2.24, 2.45) is 5.92 Å². The summed E-state index contributed by atoms with van der Waals surface area (Å²) in [6.07, 6.45) is 28.0. The molecule has 300 valence electrons. The molecule has 0 saturated heterocycles. The molecule has 1 aromatic heterocycles. The minimum atomic E-state index is -0.478. The van der Waals surface area contributed by atoms with Crippen molar-refractivity contribution in [1.29, 1.82) is 0 Å². The van der Waals surface area contributed by atoms with Crippen molar-refractivity contribution in [3.8, 4) is 11.1 Å². The summed E-state index contributed by atoms with van der Waals surface area (Å²) in [5, 5.41) is 1.28. The Bertz CT molecular complexity index is 3220. The molecule has 5 aliphatic rings. The molecule has 0 aliphatic heterocycles. The molecule has 0 bridgehead atoms. The van der Waals surface area contributed by atoms with Gasteiger partial charge < -0.3 is 9.47 Å². The topological polar surface area (TPSA) is 8.17 Å². The van der Waals surface area contributed by atoms with Gasteiger partial charge in [-0.1, -0.05) is 164 Å². The number of benzene rings is 6. The zero-order valence-corrected chi connectivity index (χ0v) is 35.2. The molecule has 0 spiro atoms. The van der Waals surface area contributed by atoms with E-state index in [1.807, 2.05) is 6.08 Å². The van der Waals surface area contributed by atoms with Crippen molar-refractivity contribution in [1.82, 2.24) is 4.57 Å². The molecular formula is C61H46N2. The van der Waals surface area contributed by atoms with Crippen LogP contribution >= 0.6 is 0 Å². The van der Waals surface area contributed by atoms with E-state index in [9.17, 15) is 0 Å². The van der Waals surface area contributed by atoms with Crippen LogP contribution in [0.3, 0.4) is 0 Å². The van der Waals surface area contributed by atoms with Crippen molar-refractivity contribution in [2.45, 2.75) is 37.5 Å². The van der Waals surface area contributed by atoms with Crippen LogP contribution in [-0.4, -0.2) is 4.57 Å². The lowest BCUT2D eigenvalue weighted by atomic mass is 9.67. The highest BCUT2D eigenvalue weighted by molar-refractivity contribution is 6.00. The van der Waals surface area contributed by atoms with Crippen molar-refractivity contribution >= 4 is 39.6 Å². The molecule has 5 aliphatic carbocycles. The Kier molecular flexibility index (Phi) is 9.08. The minimum absolute atomic E-state index is 0.389. The third-order valence-corrected chi connectivity index (χ3v) is 13.8. The minimum Gasteiger partial charge on any atom is -0.311 e. The fourth-order valence-corrected chi connectivity index (χ4v) is 11.0. The molecule has 6 aromatic carbocycles. The summed E-state index contributed by atoms with van der Waals surface area (Å²) in [7, 11) is 0. The molecule has 0 fully saturated rings. The van der Waals surface area contributed by atoms with E-state index < -0.39 is 5.41 Å². The molecule has 63 heavy (non-hydrogen) atoms. The predicted octanol–water partition coefficient (Wildman–Crippen LogP) is 15.1. The van der Waals surface area contributed by atoms with E-state index in [0.717, 1.165) is 49.2 Å². The Balaban J connectivity index is 0.985. The number of allylic oxidation sites excluding steroid dienone is 12. The van der Waals surface area contributed by atoms with Crippen LogP contribution in [0.1, 0.15) is 64.8 Å². The van der Waals surface area contributed by atoms with E-state index in [-0.39, 0.29) is 0 Å². The SMILES string of the molecule is C1=C=C(n2c3c(c4ccccc42)C=C(c2ccc(N(C4=CCC(C5=CCCC=C5)C=C4)c4ccc5c(c4)C(c4ccccc4)(c4ccccc4)c4ccccc4-5)cc2)CC3)C=CC=1. The Labute approximate surface area is 370 Å². The predicted molar refractivity (Wildman–Crippen MR) is 263 cm³/mol. The maximum atomic E-state index is 3.37. The summed E-state index contributed by atoms with van der Waals surface area (Å²) in [5.41, 5.74) is 26.3. The Morgan fingerprint density at radius 2 is 1.38 bits per heavy atom. The van der Waals surface area contributed by atoms with Gasteiger partial charge in [0.1, 0.15) is 0 Å². The number of anilines is 2. The number of fused-ring (bicyclic) bond motifs is 6. The summed E-state index contributed by atoms with van der Waals surface area (Å²) >= 11 is 0. The first-order valence-electron chi connectivity index (χ1n) is 22.5. The average Bonchev–Trinajstić information content (AvgIpc) is 3.86. The molecule has 2 heteroatoms. The van der Waals surface area contributed by atoms with E-state index in [4.69, 9.17) is 0 Å². The maximum Gasteiger partial charge on any atom is 0.0971 e. The van der Waals surface area contributed by atoms with Gasteiger partial charge in [-0.25, -0.2) is 0 Å². The van der Waals surface area contributed by atoms with E-state index in [1.54, 1.807) is 0 Å². The quantitative estimate of drug-likeness (QED) is 0.139. The van der Waals surface area contributed by atoms with E-state index in [2.05, 4.69) is 227 Å². The number of nitrogens with zero attached hydrogens (tertiary/aromatic N) is 2. The molecule has 1 unspecified atom stereocenters. The summed E-state index contributed by atoms with van der Waals surface area (Å²) in [5.74, 6) is 0.389. The summed E-state index contributed by atoms with van der Waals surface area (Å²) in [6, 6.07) is 56.6. The van der Waals surface area contributed by atoms with Crippen molar-refractivity contribution in [2.75, 3.05) is 4.90 Å². The summed E-state index contributed by atoms with van der Waals surface area (Å²) in [4.78, 5) is 2.49. The van der Waals surface area contributed by atoms with Gasteiger partial charge >= 0.3 is 0 Å². The Hall–Kier alpha value is -7.60. The lowest BCUT2D eigenvalue weighted by Crippen LogP contribution is -2.29. The number of hydrogen-bond acceptors (Lipinski definition) is 1. The Morgan fingerprint density at radius 1 is 0.635 bits per heavy atom. The molecule has 0 radical (unpaired) electrons. The number of hydrogen-bond donors (Lipinski definition) is 0. The van der Waals surface area contributed by atoms with Crippen LogP contribution in [0.2, 0.25) is 0 Å². The molecule has 12 rings (SSSR count). The molecule has 0 saturated carbocycles. The molecule has 0 amide bonds. The third kappa shape index (κ3) is 6.11. The lowest BCUT2D eigenvalue weighted by molar-refractivity contribution is 0.760. The normalized spacial score (nSPS) is 17.7. The van der Waals surface area contributed by atoms with Gasteiger partial charge in [0.05, 0.1) is 16.6 Å². The van der Waals surface area contributed by atoms with Gasteiger partial charge in [0, 0.05) is 39.6 Å². The van der Waals surface area contributed by atoms with E-state index in [0.29, 0.717) is 5.92 Å². The van der Waals surface area contributed by atoms with Gasteiger partial charge in [0.25, 0.3) is 0 Å². The van der Waals surface area contributed by atoms with Gasteiger partial charge in [-0.2, -0.15) is 0 Å². The van der Waals surface area contributed by atoms with Crippen molar-refractivity contribution in [3.05, 3.63) is 268 Å². The van der Waals surface area contributed by atoms with Gasteiger partial charge in [0.2, 0.25) is 0 Å². The highest BCUT2D eigenvalue weighted by Crippen LogP contribution is 2.57. The second kappa shape index (κ2) is 15.4. The van der Waals surface area contributed by atoms with Crippen LogP contribution in [0, 0.1) is 5.92 Å². The fraction of sp³-hybridized carbons (Fsp3) is 0.115. The molecule has 7 aromatic rings. The van der Waals surface area contributed by atoms with Gasteiger partial charge in [-0.3, -0.25) is 0 Å². The largest absolute Gasteiger partial charge is 0.311 e. The van der Waals surface area contributed by atoms with Gasteiger partial charge in [0.15, 0.2) is 0 Å². The number of rotatable bonds is 8. The molecule has 2 nitrogen and oxygen atoms in total. The second-order valence-corrected chi connectivity index (χ2v) is 17.2. The Morgan fingerprint density at radius 3 is 2.13 bits per heavy atom. The zero-order chi connectivity index (χ0) is 41.7. The lowest BCUT2D eigenvalue weighted by Gasteiger charge is -2.35. The monoisotopic (exact) mass is 806 g/mol. The third-order valence-electron chi connectivity index (χ3n) is 13.8. The first kappa shape index (κ1) is 37.2. The highest BCUT2D eigenvalue weighted by Gasteiger charge is 2.46. The van der Waals surface area contributed by atoms with Crippen molar-refractivity contribution in [3.63, 3.8) is 0 Å². The van der Waals surface area contributed by atoms with E-state index >= 15 is 0 Å². The van der Waals surface area contributed by atoms with Crippen LogP contribution in [0.25, 0.3) is 39.4 Å². The van der Waals surface area contributed by atoms with Gasteiger partial charge in [-0.15, -0.1) is 0 Å². The molecular weight excluding hydrogens is 761 g/mol. The van der Waals surface area contributed by atoms with Crippen molar-refractivity contribution < 1.29 is 0 Å². The standard InChI is InChI=1S/C61H46N2/c1-5-17-43(18-6-1)44-29-34-50(35-30-44)62(51-36-31-45(32-37-51)46-33-40-60-56(41-46)55-26-14-16-28-59(55)63(60)49-23-11-4-12-24-49)52-38-39-54-53-25-13-15-27-57(53)61(58(54)42-52,47-19-7-2-8-20-47)48-21-9-3-10-22-48/h2-5,7-11,13-23,25-29,31-32,34-39,41-42,44H,1,6,30,33,40H2. The van der Waals surface area contributed by atoms with Crippen LogP contribution in [0.15, 0.2) is 229 Å². The first-order valence-corrected chi connectivity index (χ1v) is 22.5. The molecule has 1 heterocycles.